The van der Waals surface area contributed by atoms with E-state index in [1.165, 1.54) is 19.1 Å². The standard InChI is InChI=1S/C16H15FO3S/c1-11-6-8-13(9-7-11)16(18)12(2)21(19,20)15-5-3-4-14(17)10-15/h3-10,12H,1-2H3. The number of Topliss-reactive ketones (excluding diaryl/α,β-unsaturated/α-hetero) is 1. The van der Waals surface area contributed by atoms with E-state index >= 15 is 0 Å². The molecule has 0 fully saturated rings. The summed E-state index contributed by atoms with van der Waals surface area (Å²) in [5.41, 5.74) is 1.31. The summed E-state index contributed by atoms with van der Waals surface area (Å²) < 4.78 is 37.9. The molecule has 0 saturated heterocycles. The maximum atomic E-state index is 13.2. The van der Waals surface area contributed by atoms with Crippen molar-refractivity contribution in [1.29, 1.82) is 0 Å². The smallest absolute Gasteiger partial charge is 0.188 e. The Labute approximate surface area is 123 Å². The highest BCUT2D eigenvalue weighted by molar-refractivity contribution is 7.92. The zero-order valence-corrected chi connectivity index (χ0v) is 12.5. The van der Waals surface area contributed by atoms with Gasteiger partial charge in [0.15, 0.2) is 15.6 Å². The number of carbonyl (C=O) groups excluding carboxylic acids is 1. The number of rotatable bonds is 4. The molecule has 0 spiro atoms. The SMILES string of the molecule is Cc1ccc(C(=O)C(C)S(=O)(=O)c2cccc(F)c2)cc1. The minimum Gasteiger partial charge on any atom is -0.293 e. The van der Waals surface area contributed by atoms with Crippen LogP contribution in [0.1, 0.15) is 22.8 Å². The van der Waals surface area contributed by atoms with Crippen LogP contribution in [-0.2, 0) is 9.84 Å². The predicted molar refractivity (Wildman–Crippen MR) is 78.6 cm³/mol. The minimum atomic E-state index is -3.91. The molecule has 1 atom stereocenters. The molecular weight excluding hydrogens is 291 g/mol. The average molecular weight is 306 g/mol. The van der Waals surface area contributed by atoms with Gasteiger partial charge in [-0.3, -0.25) is 4.79 Å². The summed E-state index contributed by atoms with van der Waals surface area (Å²) in [6.07, 6.45) is 0. The molecule has 0 aliphatic carbocycles. The van der Waals surface area contributed by atoms with Crippen LogP contribution in [0.3, 0.4) is 0 Å². The number of halogens is 1. The molecule has 0 aromatic heterocycles. The zero-order chi connectivity index (χ0) is 15.6. The van der Waals surface area contributed by atoms with Crippen molar-refractivity contribution in [2.24, 2.45) is 0 Å². The number of ketones is 1. The third-order valence-corrected chi connectivity index (χ3v) is 5.35. The second kappa shape index (κ2) is 5.77. The molecule has 2 rings (SSSR count). The van der Waals surface area contributed by atoms with Gasteiger partial charge in [-0.05, 0) is 32.0 Å². The highest BCUT2D eigenvalue weighted by atomic mass is 32.2. The highest BCUT2D eigenvalue weighted by Gasteiger charge is 2.30. The number of carbonyl (C=O) groups is 1. The lowest BCUT2D eigenvalue weighted by Gasteiger charge is -2.12. The Balaban J connectivity index is 2.36. The Morgan fingerprint density at radius 3 is 2.29 bits per heavy atom. The van der Waals surface area contributed by atoms with Gasteiger partial charge in [-0.15, -0.1) is 0 Å². The Hall–Kier alpha value is -2.01. The van der Waals surface area contributed by atoms with Gasteiger partial charge in [0.1, 0.15) is 11.1 Å². The second-order valence-corrected chi connectivity index (χ2v) is 7.14. The predicted octanol–water partition coefficient (Wildman–Crippen LogP) is 3.18. The number of sulfone groups is 1. The normalized spacial score (nSPS) is 12.9. The Kier molecular flexibility index (Phi) is 4.23. The number of hydrogen-bond acceptors (Lipinski definition) is 3. The maximum absolute atomic E-state index is 13.2. The van der Waals surface area contributed by atoms with E-state index in [0.29, 0.717) is 5.56 Å². The summed E-state index contributed by atoms with van der Waals surface area (Å²) in [7, 11) is -3.91. The van der Waals surface area contributed by atoms with Crippen molar-refractivity contribution in [2.45, 2.75) is 24.0 Å². The van der Waals surface area contributed by atoms with Gasteiger partial charge < -0.3 is 0 Å². The molecule has 110 valence electrons. The third-order valence-electron chi connectivity index (χ3n) is 3.30. The molecule has 21 heavy (non-hydrogen) atoms. The summed E-state index contributed by atoms with van der Waals surface area (Å²) in [6, 6.07) is 11.4. The van der Waals surface area contributed by atoms with E-state index < -0.39 is 26.7 Å². The zero-order valence-electron chi connectivity index (χ0n) is 11.7. The van der Waals surface area contributed by atoms with Crippen LogP contribution >= 0.6 is 0 Å². The minimum absolute atomic E-state index is 0.185. The van der Waals surface area contributed by atoms with Crippen molar-refractivity contribution in [3.05, 3.63) is 65.5 Å². The summed E-state index contributed by atoms with van der Waals surface area (Å²) in [5.74, 6) is -1.15. The van der Waals surface area contributed by atoms with Gasteiger partial charge in [-0.1, -0.05) is 35.9 Å². The maximum Gasteiger partial charge on any atom is 0.188 e. The van der Waals surface area contributed by atoms with E-state index in [1.54, 1.807) is 24.3 Å². The van der Waals surface area contributed by atoms with Crippen LogP contribution in [0.25, 0.3) is 0 Å². The molecule has 5 heteroatoms. The highest BCUT2D eigenvalue weighted by Crippen LogP contribution is 2.20. The first-order valence-corrected chi connectivity index (χ1v) is 7.97. The molecule has 0 heterocycles. The summed E-state index contributed by atoms with van der Waals surface area (Å²) in [6.45, 7) is 3.20. The number of aryl methyl sites for hydroxylation is 1. The van der Waals surface area contributed by atoms with Gasteiger partial charge in [0, 0.05) is 5.56 Å². The van der Waals surface area contributed by atoms with Crippen LogP contribution in [-0.4, -0.2) is 19.5 Å². The van der Waals surface area contributed by atoms with Gasteiger partial charge in [0.2, 0.25) is 0 Å². The van der Waals surface area contributed by atoms with Crippen LogP contribution in [0.5, 0.6) is 0 Å². The summed E-state index contributed by atoms with van der Waals surface area (Å²) >= 11 is 0. The molecule has 0 aliphatic heterocycles. The van der Waals surface area contributed by atoms with Gasteiger partial charge in [-0.25, -0.2) is 12.8 Å². The third kappa shape index (κ3) is 3.19. The molecule has 2 aromatic carbocycles. The van der Waals surface area contributed by atoms with E-state index in [0.717, 1.165) is 17.7 Å². The quantitative estimate of drug-likeness (QED) is 0.815. The molecule has 0 radical (unpaired) electrons. The summed E-state index contributed by atoms with van der Waals surface area (Å²) in [4.78, 5) is 12.1. The van der Waals surface area contributed by atoms with Crippen LogP contribution < -0.4 is 0 Å². The van der Waals surface area contributed by atoms with E-state index in [1.807, 2.05) is 6.92 Å². The Morgan fingerprint density at radius 2 is 1.71 bits per heavy atom. The van der Waals surface area contributed by atoms with Crippen molar-refractivity contribution < 1.29 is 17.6 Å². The molecular formula is C16H15FO3S. The first-order chi connectivity index (χ1) is 9.82. The van der Waals surface area contributed by atoms with Crippen molar-refractivity contribution >= 4 is 15.6 Å². The molecule has 0 saturated carbocycles. The van der Waals surface area contributed by atoms with Crippen LogP contribution in [0.15, 0.2) is 53.4 Å². The van der Waals surface area contributed by atoms with Gasteiger partial charge in [-0.2, -0.15) is 0 Å². The van der Waals surface area contributed by atoms with E-state index in [2.05, 4.69) is 0 Å². The molecule has 0 amide bonds. The molecule has 0 aliphatic rings. The van der Waals surface area contributed by atoms with Gasteiger partial charge in [0.05, 0.1) is 4.90 Å². The fraction of sp³-hybridized carbons (Fsp3) is 0.188. The van der Waals surface area contributed by atoms with Crippen LogP contribution in [0.4, 0.5) is 4.39 Å². The van der Waals surface area contributed by atoms with Crippen molar-refractivity contribution in [2.75, 3.05) is 0 Å². The molecule has 2 aromatic rings. The van der Waals surface area contributed by atoms with E-state index in [9.17, 15) is 17.6 Å². The number of benzene rings is 2. The van der Waals surface area contributed by atoms with Gasteiger partial charge in [0.25, 0.3) is 0 Å². The monoisotopic (exact) mass is 306 g/mol. The lowest BCUT2D eigenvalue weighted by atomic mass is 10.1. The van der Waals surface area contributed by atoms with Gasteiger partial charge >= 0.3 is 0 Å². The topological polar surface area (TPSA) is 51.2 Å². The molecule has 1 unspecified atom stereocenters. The molecule has 0 N–H and O–H groups in total. The van der Waals surface area contributed by atoms with Crippen molar-refractivity contribution in [3.63, 3.8) is 0 Å². The molecule has 0 bridgehead atoms. The Morgan fingerprint density at radius 1 is 1.10 bits per heavy atom. The van der Waals surface area contributed by atoms with E-state index in [-0.39, 0.29) is 4.90 Å². The second-order valence-electron chi connectivity index (χ2n) is 4.87. The van der Waals surface area contributed by atoms with Crippen LogP contribution in [0.2, 0.25) is 0 Å². The fourth-order valence-electron chi connectivity index (χ4n) is 1.94. The molecule has 3 nitrogen and oxygen atoms in total. The lowest BCUT2D eigenvalue weighted by molar-refractivity contribution is 0.0991. The number of hydrogen-bond donors (Lipinski definition) is 0. The lowest BCUT2D eigenvalue weighted by Crippen LogP contribution is -2.27. The largest absolute Gasteiger partial charge is 0.293 e. The first-order valence-electron chi connectivity index (χ1n) is 6.43. The van der Waals surface area contributed by atoms with Crippen molar-refractivity contribution in [1.82, 2.24) is 0 Å². The van der Waals surface area contributed by atoms with E-state index in [4.69, 9.17) is 0 Å². The average Bonchev–Trinajstić information content (AvgIpc) is 2.46. The Bertz CT molecular complexity index is 764. The summed E-state index contributed by atoms with van der Waals surface area (Å²) in [5, 5.41) is -1.26. The van der Waals surface area contributed by atoms with Crippen LogP contribution in [0, 0.1) is 12.7 Å². The van der Waals surface area contributed by atoms with Crippen molar-refractivity contribution in [3.8, 4) is 0 Å². The fourth-order valence-corrected chi connectivity index (χ4v) is 3.31. The first kappa shape index (κ1) is 15.4.